The van der Waals surface area contributed by atoms with E-state index < -0.39 is 5.97 Å². The van der Waals surface area contributed by atoms with Gasteiger partial charge in [-0.2, -0.15) is 0 Å². The van der Waals surface area contributed by atoms with Crippen LogP contribution in [0, 0.1) is 0 Å². The van der Waals surface area contributed by atoms with E-state index in [-0.39, 0.29) is 0 Å². The monoisotopic (exact) mass is 219 g/mol. The van der Waals surface area contributed by atoms with E-state index in [4.69, 9.17) is 10.8 Å². The number of nitrogen functional groups attached to an aromatic ring is 1. The molecule has 0 unspecified atom stereocenters. The fourth-order valence-electron chi connectivity index (χ4n) is 1.38. The molecule has 0 amide bonds. The van der Waals surface area contributed by atoms with Crippen molar-refractivity contribution in [1.82, 2.24) is 0 Å². The van der Waals surface area contributed by atoms with Gasteiger partial charge in [0.2, 0.25) is 0 Å². The molecule has 0 saturated heterocycles. The predicted molar refractivity (Wildman–Crippen MR) is 61.1 cm³/mol. The molecule has 0 aliphatic rings. The number of anilines is 1. The van der Waals surface area contributed by atoms with Crippen LogP contribution in [-0.2, 0) is 0 Å². The molecule has 0 aliphatic heterocycles. The van der Waals surface area contributed by atoms with E-state index >= 15 is 0 Å². The summed E-state index contributed by atoms with van der Waals surface area (Å²) >= 11 is 1.45. The summed E-state index contributed by atoms with van der Waals surface area (Å²) in [5.74, 6) is -0.919. The third-order valence-electron chi connectivity index (χ3n) is 2.04. The first kappa shape index (κ1) is 9.73. The predicted octanol–water partition coefficient (Wildman–Crippen LogP) is 2.70. The Bertz CT molecular complexity index is 505. The first-order chi connectivity index (χ1) is 7.18. The van der Waals surface area contributed by atoms with E-state index in [2.05, 4.69) is 0 Å². The van der Waals surface area contributed by atoms with Crippen LogP contribution in [-0.4, -0.2) is 11.1 Å². The first-order valence-corrected chi connectivity index (χ1v) is 5.23. The van der Waals surface area contributed by atoms with Gasteiger partial charge in [-0.1, -0.05) is 18.2 Å². The summed E-state index contributed by atoms with van der Waals surface area (Å²) in [7, 11) is 0. The lowest BCUT2D eigenvalue weighted by Gasteiger charge is -2.02. The number of benzene rings is 1. The van der Waals surface area contributed by atoms with Gasteiger partial charge in [0.1, 0.15) is 0 Å². The summed E-state index contributed by atoms with van der Waals surface area (Å²) in [4.78, 5) is 11.9. The van der Waals surface area contributed by atoms with Crippen molar-refractivity contribution in [2.45, 2.75) is 0 Å². The van der Waals surface area contributed by atoms with Crippen molar-refractivity contribution < 1.29 is 9.90 Å². The molecule has 15 heavy (non-hydrogen) atoms. The molecule has 3 nitrogen and oxygen atoms in total. The van der Waals surface area contributed by atoms with Crippen LogP contribution in [0.4, 0.5) is 5.69 Å². The molecule has 2 rings (SSSR count). The van der Waals surface area contributed by atoms with Gasteiger partial charge in [0.05, 0.1) is 5.56 Å². The average Bonchev–Trinajstić information content (AvgIpc) is 2.65. The largest absolute Gasteiger partial charge is 0.478 e. The highest BCUT2D eigenvalue weighted by molar-refractivity contribution is 7.14. The van der Waals surface area contributed by atoms with Crippen LogP contribution in [0.5, 0.6) is 0 Å². The Hall–Kier alpha value is -1.81. The van der Waals surface area contributed by atoms with Crippen molar-refractivity contribution in [3.8, 4) is 10.4 Å². The number of rotatable bonds is 2. The average molecular weight is 219 g/mol. The first-order valence-electron chi connectivity index (χ1n) is 4.35. The summed E-state index contributed by atoms with van der Waals surface area (Å²) in [5, 5.41) is 10.8. The molecule has 1 aromatic heterocycles. The second-order valence-corrected chi connectivity index (χ2v) is 4.01. The van der Waals surface area contributed by atoms with Gasteiger partial charge < -0.3 is 10.8 Å². The molecule has 0 fully saturated rings. The second-order valence-electron chi connectivity index (χ2n) is 3.10. The maximum absolute atomic E-state index is 11.0. The van der Waals surface area contributed by atoms with Crippen LogP contribution in [0.2, 0.25) is 0 Å². The molecule has 0 saturated carbocycles. The minimum atomic E-state index is -0.919. The lowest BCUT2D eigenvalue weighted by Crippen LogP contribution is -1.98. The lowest BCUT2D eigenvalue weighted by atomic mass is 10.1. The SMILES string of the molecule is Nc1csc(-c2ccccc2C(=O)O)c1. The fraction of sp³-hybridized carbons (Fsp3) is 0. The Balaban J connectivity index is 2.57. The maximum atomic E-state index is 11.0. The fourth-order valence-corrected chi connectivity index (χ4v) is 2.22. The van der Waals surface area contributed by atoms with Gasteiger partial charge in [0, 0.05) is 21.5 Å². The van der Waals surface area contributed by atoms with Crippen molar-refractivity contribution >= 4 is 23.0 Å². The van der Waals surface area contributed by atoms with E-state index in [1.165, 1.54) is 11.3 Å². The third kappa shape index (κ3) is 1.85. The van der Waals surface area contributed by atoms with Gasteiger partial charge in [0.15, 0.2) is 0 Å². The zero-order chi connectivity index (χ0) is 10.8. The minimum absolute atomic E-state index is 0.305. The highest BCUT2D eigenvalue weighted by Crippen LogP contribution is 2.30. The van der Waals surface area contributed by atoms with Gasteiger partial charge in [-0.05, 0) is 12.1 Å². The molecule has 0 aliphatic carbocycles. The number of carbonyl (C=O) groups is 1. The standard InChI is InChI=1S/C11H9NO2S/c12-7-5-10(15-6-7)8-3-1-2-4-9(8)11(13)14/h1-6H,12H2,(H,13,14). The number of carboxylic acid groups (broad SMARTS) is 1. The van der Waals surface area contributed by atoms with Crippen molar-refractivity contribution in [3.63, 3.8) is 0 Å². The highest BCUT2D eigenvalue weighted by Gasteiger charge is 2.11. The summed E-state index contributed by atoms with van der Waals surface area (Å²) in [5.41, 5.74) is 7.29. The van der Waals surface area contributed by atoms with Gasteiger partial charge in [0.25, 0.3) is 0 Å². The van der Waals surface area contributed by atoms with Crippen LogP contribution in [0.3, 0.4) is 0 Å². The van der Waals surface area contributed by atoms with E-state index in [0.717, 1.165) is 4.88 Å². The molecular weight excluding hydrogens is 210 g/mol. The highest BCUT2D eigenvalue weighted by atomic mass is 32.1. The lowest BCUT2D eigenvalue weighted by molar-refractivity contribution is 0.0698. The number of hydrogen-bond donors (Lipinski definition) is 2. The maximum Gasteiger partial charge on any atom is 0.336 e. The number of nitrogens with two attached hydrogens (primary N) is 1. The normalized spacial score (nSPS) is 10.1. The Morgan fingerprint density at radius 3 is 2.67 bits per heavy atom. The molecule has 0 radical (unpaired) electrons. The van der Waals surface area contributed by atoms with Crippen LogP contribution in [0.1, 0.15) is 10.4 Å². The molecule has 0 atom stereocenters. The quantitative estimate of drug-likeness (QED) is 0.816. The van der Waals surface area contributed by atoms with Gasteiger partial charge >= 0.3 is 5.97 Å². The molecule has 1 aromatic carbocycles. The van der Waals surface area contributed by atoms with E-state index in [0.29, 0.717) is 16.8 Å². The van der Waals surface area contributed by atoms with Crippen molar-refractivity contribution in [1.29, 1.82) is 0 Å². The number of thiophene rings is 1. The van der Waals surface area contributed by atoms with Crippen LogP contribution < -0.4 is 5.73 Å². The number of hydrogen-bond acceptors (Lipinski definition) is 3. The van der Waals surface area contributed by atoms with Crippen LogP contribution in [0.25, 0.3) is 10.4 Å². The van der Waals surface area contributed by atoms with Gasteiger partial charge in [-0.15, -0.1) is 11.3 Å². The molecule has 1 heterocycles. The van der Waals surface area contributed by atoms with Crippen molar-refractivity contribution in [2.24, 2.45) is 0 Å². The zero-order valence-electron chi connectivity index (χ0n) is 7.81. The summed E-state index contributed by atoms with van der Waals surface area (Å²) < 4.78 is 0. The number of aromatic carboxylic acids is 1. The molecule has 3 N–H and O–H groups in total. The Morgan fingerprint density at radius 2 is 2.07 bits per heavy atom. The molecular formula is C11H9NO2S. The number of carboxylic acids is 1. The van der Waals surface area contributed by atoms with E-state index in [9.17, 15) is 4.79 Å². The third-order valence-corrected chi connectivity index (χ3v) is 3.02. The minimum Gasteiger partial charge on any atom is -0.478 e. The second kappa shape index (κ2) is 3.74. The Morgan fingerprint density at radius 1 is 1.33 bits per heavy atom. The molecule has 0 bridgehead atoms. The zero-order valence-corrected chi connectivity index (χ0v) is 8.62. The Kier molecular flexibility index (Phi) is 2.43. The van der Waals surface area contributed by atoms with E-state index in [1.54, 1.807) is 29.6 Å². The van der Waals surface area contributed by atoms with Crippen LogP contribution >= 0.6 is 11.3 Å². The van der Waals surface area contributed by atoms with Gasteiger partial charge in [-0.3, -0.25) is 0 Å². The molecule has 76 valence electrons. The van der Waals surface area contributed by atoms with Crippen molar-refractivity contribution in [3.05, 3.63) is 41.3 Å². The van der Waals surface area contributed by atoms with Crippen LogP contribution in [0.15, 0.2) is 35.7 Å². The summed E-state index contributed by atoms with van der Waals surface area (Å²) in [6.45, 7) is 0. The summed E-state index contributed by atoms with van der Waals surface area (Å²) in [6.07, 6.45) is 0. The Labute approximate surface area is 90.8 Å². The topological polar surface area (TPSA) is 63.3 Å². The summed E-state index contributed by atoms with van der Waals surface area (Å²) in [6, 6.07) is 8.69. The molecule has 2 aromatic rings. The molecule has 4 heteroatoms. The molecule has 0 spiro atoms. The van der Waals surface area contributed by atoms with Gasteiger partial charge in [-0.25, -0.2) is 4.79 Å². The van der Waals surface area contributed by atoms with Crippen molar-refractivity contribution in [2.75, 3.05) is 5.73 Å². The van der Waals surface area contributed by atoms with E-state index in [1.807, 2.05) is 6.07 Å². The smallest absolute Gasteiger partial charge is 0.336 e.